The second-order valence-electron chi connectivity index (χ2n) is 4.04. The molecule has 0 aliphatic heterocycles. The maximum absolute atomic E-state index is 11.6. The first-order chi connectivity index (χ1) is 9.09. The maximum atomic E-state index is 11.6. The second-order valence-corrected chi connectivity index (χ2v) is 5.88. The van der Waals surface area contributed by atoms with Crippen molar-refractivity contribution in [3.05, 3.63) is 36.4 Å². The molecular weight excluding hydrogens is 266 g/mol. The van der Waals surface area contributed by atoms with E-state index in [1.54, 1.807) is 24.0 Å². The van der Waals surface area contributed by atoms with Crippen molar-refractivity contribution in [2.45, 2.75) is 19.9 Å². The summed E-state index contributed by atoms with van der Waals surface area (Å²) in [5.41, 5.74) is 1.02. The summed E-state index contributed by atoms with van der Waals surface area (Å²) in [6, 6.07) is 3.73. The molecule has 0 fully saturated rings. The van der Waals surface area contributed by atoms with Gasteiger partial charge in [0, 0.05) is 12.4 Å². The molecule has 0 amide bonds. The first-order valence-corrected chi connectivity index (χ1v) is 7.53. The lowest BCUT2D eigenvalue weighted by Gasteiger charge is -2.02. The fraction of sp³-hybridized carbons (Fsp3) is 0.364. The van der Waals surface area contributed by atoms with Crippen molar-refractivity contribution in [3.8, 4) is 0 Å². The van der Waals surface area contributed by atoms with E-state index in [0.717, 1.165) is 5.56 Å². The van der Waals surface area contributed by atoms with E-state index < -0.39 is 10.0 Å². The third-order valence-corrected chi connectivity index (χ3v) is 3.79. The Morgan fingerprint density at radius 2 is 2.05 bits per heavy atom. The van der Waals surface area contributed by atoms with Crippen LogP contribution in [0, 0.1) is 0 Å². The molecule has 0 aromatic carbocycles. The lowest BCUT2D eigenvalue weighted by Crippen LogP contribution is -2.17. The zero-order valence-electron chi connectivity index (χ0n) is 10.5. The topological polar surface area (TPSA) is 89.8 Å². The van der Waals surface area contributed by atoms with Crippen molar-refractivity contribution in [3.63, 3.8) is 0 Å². The van der Waals surface area contributed by atoms with Crippen molar-refractivity contribution in [1.29, 1.82) is 0 Å². The number of nitrogens with zero attached hydrogens (tertiary/aromatic N) is 4. The second kappa shape index (κ2) is 5.79. The zero-order chi connectivity index (χ0) is 13.7. The molecule has 2 aromatic heterocycles. The van der Waals surface area contributed by atoms with Gasteiger partial charge in [0.05, 0.1) is 12.3 Å². The van der Waals surface area contributed by atoms with E-state index in [2.05, 4.69) is 19.8 Å². The summed E-state index contributed by atoms with van der Waals surface area (Å²) in [6.45, 7) is 2.32. The Hall–Kier alpha value is -1.96. The van der Waals surface area contributed by atoms with Crippen LogP contribution in [-0.4, -0.2) is 33.9 Å². The van der Waals surface area contributed by atoms with Gasteiger partial charge in [-0.25, -0.2) is 17.8 Å². The van der Waals surface area contributed by atoms with Gasteiger partial charge in [-0.15, -0.1) is 5.10 Å². The minimum absolute atomic E-state index is 0.0614. The summed E-state index contributed by atoms with van der Waals surface area (Å²) in [7, 11) is -3.34. The van der Waals surface area contributed by atoms with Gasteiger partial charge in [-0.05, 0) is 24.1 Å². The first-order valence-electron chi connectivity index (χ1n) is 5.88. The highest BCUT2D eigenvalue weighted by atomic mass is 32.2. The quantitative estimate of drug-likeness (QED) is 0.848. The van der Waals surface area contributed by atoms with Crippen LogP contribution in [0.4, 0.5) is 5.95 Å². The highest BCUT2D eigenvalue weighted by molar-refractivity contribution is 7.92. The fourth-order valence-electron chi connectivity index (χ4n) is 1.55. The summed E-state index contributed by atoms with van der Waals surface area (Å²) in [4.78, 5) is 7.85. The van der Waals surface area contributed by atoms with Crippen LogP contribution in [0.3, 0.4) is 0 Å². The molecule has 0 atom stereocenters. The van der Waals surface area contributed by atoms with Crippen molar-refractivity contribution >= 4 is 16.0 Å². The fourth-order valence-corrected chi connectivity index (χ4v) is 2.56. The van der Waals surface area contributed by atoms with Crippen LogP contribution in [0.2, 0.25) is 0 Å². The molecule has 1 N–H and O–H groups in total. The maximum Gasteiger partial charge on any atom is 0.255 e. The van der Waals surface area contributed by atoms with Crippen LogP contribution in [-0.2, 0) is 16.6 Å². The Morgan fingerprint density at radius 3 is 2.74 bits per heavy atom. The van der Waals surface area contributed by atoms with E-state index in [0.29, 0.717) is 13.0 Å². The lowest BCUT2D eigenvalue weighted by atomic mass is 10.3. The van der Waals surface area contributed by atoms with E-state index in [4.69, 9.17) is 0 Å². The smallest absolute Gasteiger partial charge is 0.255 e. The van der Waals surface area contributed by atoms with Crippen LogP contribution in [0.25, 0.3) is 0 Å². The van der Waals surface area contributed by atoms with Gasteiger partial charge >= 0.3 is 0 Å². The van der Waals surface area contributed by atoms with E-state index in [-0.39, 0.29) is 11.7 Å². The van der Waals surface area contributed by atoms with Gasteiger partial charge in [-0.3, -0.25) is 4.98 Å². The van der Waals surface area contributed by atoms with Crippen molar-refractivity contribution in [1.82, 2.24) is 19.7 Å². The molecule has 0 radical (unpaired) electrons. The first kappa shape index (κ1) is 13.5. The summed E-state index contributed by atoms with van der Waals surface area (Å²) in [5.74, 6) is 0.161. The van der Waals surface area contributed by atoms with Crippen LogP contribution < -0.4 is 4.72 Å². The van der Waals surface area contributed by atoms with Crippen LogP contribution >= 0.6 is 0 Å². The number of sulfonamides is 1. The predicted octanol–water partition coefficient (Wildman–Crippen LogP) is 0.873. The Kier molecular flexibility index (Phi) is 4.10. The summed E-state index contributed by atoms with van der Waals surface area (Å²) in [6.07, 6.45) is 5.42. The monoisotopic (exact) mass is 281 g/mol. The highest BCUT2D eigenvalue weighted by Gasteiger charge is 2.11. The molecule has 0 spiro atoms. The molecule has 7 nitrogen and oxygen atoms in total. The van der Waals surface area contributed by atoms with Gasteiger partial charge in [0.25, 0.3) is 5.95 Å². The number of hydrogen-bond acceptors (Lipinski definition) is 5. The Bertz CT molecular complexity index is 624. The molecule has 2 rings (SSSR count). The number of nitrogens with one attached hydrogen (secondary N) is 1. The van der Waals surface area contributed by atoms with Gasteiger partial charge in [0.15, 0.2) is 0 Å². The molecule has 8 heteroatoms. The lowest BCUT2D eigenvalue weighted by molar-refractivity contribution is 0.599. The Labute approximate surface area is 111 Å². The Balaban J connectivity index is 2.04. The molecule has 0 aliphatic rings. The number of hydrogen-bond donors (Lipinski definition) is 1. The predicted molar refractivity (Wildman–Crippen MR) is 71.1 cm³/mol. The van der Waals surface area contributed by atoms with E-state index in [1.165, 1.54) is 6.33 Å². The van der Waals surface area contributed by atoms with Crippen molar-refractivity contribution in [2.24, 2.45) is 0 Å². The minimum Gasteiger partial charge on any atom is -0.265 e. The molecule has 2 aromatic rings. The highest BCUT2D eigenvalue weighted by Crippen LogP contribution is 2.04. The average molecular weight is 281 g/mol. The van der Waals surface area contributed by atoms with Crippen LogP contribution in [0.5, 0.6) is 0 Å². The number of anilines is 1. The summed E-state index contributed by atoms with van der Waals surface area (Å²) in [5, 5.41) is 4.07. The normalized spacial score (nSPS) is 11.4. The van der Waals surface area contributed by atoms with Gasteiger partial charge in [-0.1, -0.05) is 6.92 Å². The molecule has 2 heterocycles. The van der Waals surface area contributed by atoms with Crippen molar-refractivity contribution in [2.75, 3.05) is 10.5 Å². The molecule has 102 valence electrons. The molecule has 19 heavy (non-hydrogen) atoms. The van der Waals surface area contributed by atoms with Gasteiger partial charge < -0.3 is 0 Å². The average Bonchev–Trinajstić information content (AvgIpc) is 2.76. The standard InChI is InChI=1S/C11H15N5O2S/c1-2-7-19(17,18)15-11-13-9-16(14-11)8-10-3-5-12-6-4-10/h3-6,9H,2,7-8H2,1H3,(H,14,15). The van der Waals surface area contributed by atoms with Gasteiger partial charge in [-0.2, -0.15) is 4.98 Å². The van der Waals surface area contributed by atoms with Gasteiger partial charge in [0.2, 0.25) is 10.0 Å². The number of pyridine rings is 1. The van der Waals surface area contributed by atoms with E-state index in [1.807, 2.05) is 12.1 Å². The molecule has 0 aliphatic carbocycles. The van der Waals surface area contributed by atoms with Crippen LogP contribution in [0.15, 0.2) is 30.9 Å². The Morgan fingerprint density at radius 1 is 1.32 bits per heavy atom. The molecule has 0 saturated carbocycles. The molecule has 0 unspecified atom stereocenters. The number of aromatic nitrogens is 4. The van der Waals surface area contributed by atoms with E-state index in [9.17, 15) is 8.42 Å². The molecular formula is C11H15N5O2S. The zero-order valence-corrected chi connectivity index (χ0v) is 11.3. The summed E-state index contributed by atoms with van der Waals surface area (Å²) >= 11 is 0. The van der Waals surface area contributed by atoms with Crippen molar-refractivity contribution < 1.29 is 8.42 Å². The molecule has 0 saturated heterocycles. The largest absolute Gasteiger partial charge is 0.265 e. The van der Waals surface area contributed by atoms with E-state index >= 15 is 0 Å². The molecule has 0 bridgehead atoms. The third kappa shape index (κ3) is 4.02. The summed E-state index contributed by atoms with van der Waals surface area (Å²) < 4.78 is 27.0. The van der Waals surface area contributed by atoms with Gasteiger partial charge in [0.1, 0.15) is 6.33 Å². The minimum atomic E-state index is -3.34. The SMILES string of the molecule is CCCS(=O)(=O)Nc1ncn(Cc2ccncc2)n1. The third-order valence-electron chi connectivity index (χ3n) is 2.35. The van der Waals surface area contributed by atoms with Crippen LogP contribution in [0.1, 0.15) is 18.9 Å². The number of rotatable bonds is 6.